The topological polar surface area (TPSA) is 64.1 Å². The second kappa shape index (κ2) is 8.77. The van der Waals surface area contributed by atoms with E-state index in [0.29, 0.717) is 17.3 Å². The summed E-state index contributed by atoms with van der Waals surface area (Å²) in [6, 6.07) is 15.9. The second-order valence-electron chi connectivity index (χ2n) is 6.28. The summed E-state index contributed by atoms with van der Waals surface area (Å²) in [5.41, 5.74) is 3.40. The molecule has 6 heteroatoms. The van der Waals surface area contributed by atoms with Crippen molar-refractivity contribution in [2.45, 2.75) is 39.7 Å². The van der Waals surface area contributed by atoms with Crippen LogP contribution in [0, 0.1) is 6.92 Å². The highest BCUT2D eigenvalue weighted by molar-refractivity contribution is 7.18. The Morgan fingerprint density at radius 2 is 1.78 bits per heavy atom. The lowest BCUT2D eigenvalue weighted by atomic mass is 10.2. The van der Waals surface area contributed by atoms with Crippen LogP contribution >= 0.6 is 11.3 Å². The summed E-state index contributed by atoms with van der Waals surface area (Å²) in [6.07, 6.45) is 0.952. The maximum Gasteiger partial charge on any atom is 0.267 e. The molecule has 0 saturated heterocycles. The Hall–Kier alpha value is -2.73. The van der Waals surface area contributed by atoms with Crippen LogP contribution in [-0.2, 0) is 11.2 Å². The largest absolute Gasteiger partial charge is 0.481 e. The van der Waals surface area contributed by atoms with Gasteiger partial charge >= 0.3 is 0 Å². The lowest BCUT2D eigenvalue weighted by molar-refractivity contribution is -0.122. The first kappa shape index (κ1) is 19.0. The zero-order chi connectivity index (χ0) is 19.2. The molecule has 0 spiro atoms. The van der Waals surface area contributed by atoms with Crippen molar-refractivity contribution in [3.05, 3.63) is 59.7 Å². The Kier molecular flexibility index (Phi) is 6.19. The molecular weight excluding hydrogens is 358 g/mol. The fraction of sp³-hybridized carbons (Fsp3) is 0.286. The van der Waals surface area contributed by atoms with Crippen LogP contribution < -0.4 is 10.1 Å². The molecule has 0 radical (unpaired) electrons. The van der Waals surface area contributed by atoms with E-state index in [1.165, 1.54) is 22.5 Å². The highest BCUT2D eigenvalue weighted by atomic mass is 32.1. The highest BCUT2D eigenvalue weighted by Crippen LogP contribution is 2.27. The molecule has 0 fully saturated rings. The molecule has 1 atom stereocenters. The van der Waals surface area contributed by atoms with Crippen LogP contribution in [0.1, 0.15) is 31.4 Å². The number of aromatic nitrogens is 2. The number of carbonyl (C=O) groups is 1. The number of rotatable bonds is 7. The molecule has 2 aromatic carbocycles. The van der Waals surface area contributed by atoms with Crippen molar-refractivity contribution in [1.29, 1.82) is 0 Å². The summed E-state index contributed by atoms with van der Waals surface area (Å²) < 4.78 is 5.85. The van der Waals surface area contributed by atoms with Gasteiger partial charge in [0.15, 0.2) is 6.10 Å². The number of benzene rings is 2. The van der Waals surface area contributed by atoms with Gasteiger partial charge in [-0.25, -0.2) is 0 Å². The summed E-state index contributed by atoms with van der Waals surface area (Å²) in [6.45, 7) is 6.06. The van der Waals surface area contributed by atoms with Gasteiger partial charge in [-0.15, -0.1) is 10.2 Å². The van der Waals surface area contributed by atoms with Crippen LogP contribution in [0.15, 0.2) is 48.5 Å². The molecule has 1 heterocycles. The number of ether oxygens (including phenoxy) is 1. The normalized spacial score (nSPS) is 11.8. The van der Waals surface area contributed by atoms with Crippen molar-refractivity contribution in [1.82, 2.24) is 10.2 Å². The molecule has 3 aromatic rings. The minimum Gasteiger partial charge on any atom is -0.481 e. The molecule has 140 valence electrons. The van der Waals surface area contributed by atoms with E-state index >= 15 is 0 Å². The average molecular weight is 382 g/mol. The quantitative estimate of drug-likeness (QED) is 0.634. The molecule has 0 bridgehead atoms. The summed E-state index contributed by atoms with van der Waals surface area (Å²) in [7, 11) is 0. The molecule has 27 heavy (non-hydrogen) atoms. The molecule has 0 aliphatic heterocycles. The van der Waals surface area contributed by atoms with Gasteiger partial charge in [0.2, 0.25) is 5.13 Å². The standard InChI is InChI=1S/C21H23N3O2S/c1-4-15-8-12-17(13-9-15)26-18(5-2)19(25)22-21-24-23-20(27-21)16-10-6-14(3)7-11-16/h6-13,18H,4-5H2,1-3H3,(H,22,24,25)/t18-/m0/s1. The number of aryl methyl sites for hydroxylation is 2. The van der Waals surface area contributed by atoms with Gasteiger partial charge in [0.1, 0.15) is 10.8 Å². The fourth-order valence-electron chi connectivity index (χ4n) is 2.56. The Morgan fingerprint density at radius 3 is 2.41 bits per heavy atom. The number of nitrogens with zero attached hydrogens (tertiary/aromatic N) is 2. The van der Waals surface area contributed by atoms with Crippen molar-refractivity contribution >= 4 is 22.4 Å². The van der Waals surface area contributed by atoms with E-state index in [1.807, 2.05) is 62.4 Å². The molecule has 0 aliphatic carbocycles. The van der Waals surface area contributed by atoms with Crippen LogP contribution in [-0.4, -0.2) is 22.2 Å². The monoisotopic (exact) mass is 381 g/mol. The lowest BCUT2D eigenvalue weighted by Gasteiger charge is -2.16. The van der Waals surface area contributed by atoms with Crippen LogP contribution in [0.2, 0.25) is 0 Å². The van der Waals surface area contributed by atoms with Gasteiger partial charge in [0.25, 0.3) is 5.91 Å². The Labute approximate surface area is 163 Å². The summed E-state index contributed by atoms with van der Waals surface area (Å²) in [5.74, 6) is 0.468. The third-order valence-electron chi connectivity index (χ3n) is 4.23. The summed E-state index contributed by atoms with van der Waals surface area (Å²) in [5, 5.41) is 12.3. The van der Waals surface area contributed by atoms with Gasteiger partial charge in [-0.05, 0) is 37.5 Å². The average Bonchev–Trinajstić information content (AvgIpc) is 3.15. The third-order valence-corrected chi connectivity index (χ3v) is 5.11. The number of anilines is 1. The molecule has 0 aliphatic rings. The lowest BCUT2D eigenvalue weighted by Crippen LogP contribution is -2.32. The van der Waals surface area contributed by atoms with E-state index in [1.54, 1.807) is 0 Å². The zero-order valence-electron chi connectivity index (χ0n) is 15.7. The summed E-state index contributed by atoms with van der Waals surface area (Å²) >= 11 is 1.35. The van der Waals surface area contributed by atoms with E-state index in [4.69, 9.17) is 4.74 Å². The highest BCUT2D eigenvalue weighted by Gasteiger charge is 2.20. The Bertz CT molecular complexity index is 889. The van der Waals surface area contributed by atoms with Crippen molar-refractivity contribution in [3.63, 3.8) is 0 Å². The molecular formula is C21H23N3O2S. The van der Waals surface area contributed by atoms with E-state index in [9.17, 15) is 4.79 Å². The molecule has 3 rings (SSSR count). The molecule has 0 saturated carbocycles. The molecule has 5 nitrogen and oxygen atoms in total. The van der Waals surface area contributed by atoms with Gasteiger partial charge < -0.3 is 4.74 Å². The molecule has 1 amide bonds. The van der Waals surface area contributed by atoms with Crippen LogP contribution in [0.4, 0.5) is 5.13 Å². The number of amides is 1. The number of hydrogen-bond donors (Lipinski definition) is 1. The SMILES string of the molecule is CCc1ccc(O[C@@H](CC)C(=O)Nc2nnc(-c3ccc(C)cc3)s2)cc1. The van der Waals surface area contributed by atoms with E-state index in [0.717, 1.165) is 17.0 Å². The number of nitrogens with one attached hydrogen (secondary N) is 1. The predicted octanol–water partition coefficient (Wildman–Crippen LogP) is 4.87. The maximum atomic E-state index is 12.6. The van der Waals surface area contributed by atoms with Gasteiger partial charge in [0.05, 0.1) is 0 Å². The van der Waals surface area contributed by atoms with E-state index in [-0.39, 0.29) is 5.91 Å². The van der Waals surface area contributed by atoms with Gasteiger partial charge in [0, 0.05) is 5.56 Å². The summed E-state index contributed by atoms with van der Waals surface area (Å²) in [4.78, 5) is 12.6. The Balaban J connectivity index is 1.65. The van der Waals surface area contributed by atoms with Crippen molar-refractivity contribution < 1.29 is 9.53 Å². The van der Waals surface area contributed by atoms with Gasteiger partial charge in [-0.3, -0.25) is 10.1 Å². The minimum absolute atomic E-state index is 0.219. The zero-order valence-corrected chi connectivity index (χ0v) is 16.5. The minimum atomic E-state index is -0.579. The maximum absolute atomic E-state index is 12.6. The van der Waals surface area contributed by atoms with Crippen LogP contribution in [0.25, 0.3) is 10.6 Å². The molecule has 1 N–H and O–H groups in total. The first-order chi connectivity index (χ1) is 13.1. The molecule has 1 aromatic heterocycles. The number of carbonyl (C=O) groups excluding carboxylic acids is 1. The fourth-order valence-corrected chi connectivity index (χ4v) is 3.31. The predicted molar refractivity (Wildman–Crippen MR) is 109 cm³/mol. The van der Waals surface area contributed by atoms with Crippen LogP contribution in [0.5, 0.6) is 5.75 Å². The molecule has 0 unspecified atom stereocenters. The first-order valence-corrected chi connectivity index (χ1v) is 9.87. The van der Waals surface area contributed by atoms with Gasteiger partial charge in [-0.1, -0.05) is 67.1 Å². The Morgan fingerprint density at radius 1 is 1.07 bits per heavy atom. The smallest absolute Gasteiger partial charge is 0.267 e. The van der Waals surface area contributed by atoms with Crippen molar-refractivity contribution in [2.24, 2.45) is 0 Å². The second-order valence-corrected chi connectivity index (χ2v) is 7.26. The van der Waals surface area contributed by atoms with Crippen LogP contribution in [0.3, 0.4) is 0 Å². The number of hydrogen-bond acceptors (Lipinski definition) is 5. The van der Waals surface area contributed by atoms with Gasteiger partial charge in [-0.2, -0.15) is 0 Å². The van der Waals surface area contributed by atoms with E-state index in [2.05, 4.69) is 22.4 Å². The van der Waals surface area contributed by atoms with Crippen molar-refractivity contribution in [2.75, 3.05) is 5.32 Å². The van der Waals surface area contributed by atoms with E-state index < -0.39 is 6.10 Å². The third kappa shape index (κ3) is 4.92. The first-order valence-electron chi connectivity index (χ1n) is 9.06. The van der Waals surface area contributed by atoms with Crippen molar-refractivity contribution in [3.8, 4) is 16.3 Å².